The van der Waals surface area contributed by atoms with Gasteiger partial charge in [0.1, 0.15) is 11.3 Å². The predicted octanol–water partition coefficient (Wildman–Crippen LogP) is 2.46. The lowest BCUT2D eigenvalue weighted by molar-refractivity contribution is 0.199. The number of fused-ring (bicyclic) bond motifs is 1. The lowest BCUT2D eigenvalue weighted by atomic mass is 10.2. The molecule has 4 heteroatoms. The molecule has 0 aliphatic rings. The van der Waals surface area contributed by atoms with E-state index in [0.717, 1.165) is 50.5 Å². The van der Waals surface area contributed by atoms with Gasteiger partial charge >= 0.3 is 0 Å². The molecule has 0 unspecified atom stereocenters. The van der Waals surface area contributed by atoms with Gasteiger partial charge in [-0.25, -0.2) is 0 Å². The van der Waals surface area contributed by atoms with Gasteiger partial charge in [-0.1, -0.05) is 11.6 Å². The Kier molecular flexibility index (Phi) is 6.05. The summed E-state index contributed by atoms with van der Waals surface area (Å²) in [4.78, 5) is 0. The SMILES string of the molecule is COCCNCCCNCc1cc2cc(C)ccc2o1. The van der Waals surface area contributed by atoms with Crippen LogP contribution in [0.5, 0.6) is 0 Å². The zero-order valence-electron chi connectivity index (χ0n) is 12.4. The topological polar surface area (TPSA) is 46.4 Å². The second-order valence-corrected chi connectivity index (χ2v) is 5.03. The third-order valence-corrected chi connectivity index (χ3v) is 3.21. The Bertz CT molecular complexity index is 522. The molecule has 0 saturated heterocycles. The molecule has 2 N–H and O–H groups in total. The zero-order valence-corrected chi connectivity index (χ0v) is 12.4. The van der Waals surface area contributed by atoms with Crippen molar-refractivity contribution >= 4 is 11.0 Å². The fourth-order valence-electron chi connectivity index (χ4n) is 2.15. The van der Waals surface area contributed by atoms with Crippen LogP contribution in [0, 0.1) is 6.92 Å². The molecular weight excluding hydrogens is 252 g/mol. The van der Waals surface area contributed by atoms with Crippen molar-refractivity contribution in [1.29, 1.82) is 0 Å². The highest BCUT2D eigenvalue weighted by atomic mass is 16.5. The number of furan rings is 1. The third kappa shape index (κ3) is 4.63. The van der Waals surface area contributed by atoms with Gasteiger partial charge in [0.25, 0.3) is 0 Å². The van der Waals surface area contributed by atoms with Crippen LogP contribution < -0.4 is 10.6 Å². The van der Waals surface area contributed by atoms with Crippen molar-refractivity contribution in [3.05, 3.63) is 35.6 Å². The number of ether oxygens (including phenoxy) is 1. The van der Waals surface area contributed by atoms with E-state index in [1.807, 2.05) is 6.07 Å². The molecule has 0 bridgehead atoms. The third-order valence-electron chi connectivity index (χ3n) is 3.21. The molecule has 0 spiro atoms. The number of rotatable bonds is 9. The van der Waals surface area contributed by atoms with Crippen molar-refractivity contribution in [2.75, 3.05) is 33.4 Å². The van der Waals surface area contributed by atoms with E-state index in [1.165, 1.54) is 10.9 Å². The zero-order chi connectivity index (χ0) is 14.2. The first kappa shape index (κ1) is 15.0. The Hall–Kier alpha value is -1.36. The number of benzene rings is 1. The van der Waals surface area contributed by atoms with Gasteiger partial charge in [0.05, 0.1) is 13.2 Å². The van der Waals surface area contributed by atoms with Crippen LogP contribution >= 0.6 is 0 Å². The average molecular weight is 276 g/mol. The smallest absolute Gasteiger partial charge is 0.134 e. The van der Waals surface area contributed by atoms with Crippen LogP contribution in [-0.2, 0) is 11.3 Å². The lowest BCUT2D eigenvalue weighted by Crippen LogP contribution is -2.24. The Morgan fingerprint density at radius 1 is 1.10 bits per heavy atom. The molecule has 20 heavy (non-hydrogen) atoms. The van der Waals surface area contributed by atoms with Crippen LogP contribution in [0.2, 0.25) is 0 Å². The van der Waals surface area contributed by atoms with Gasteiger partial charge in [-0.3, -0.25) is 0 Å². The Balaban J connectivity index is 1.65. The maximum absolute atomic E-state index is 5.79. The van der Waals surface area contributed by atoms with Gasteiger partial charge in [0, 0.05) is 19.0 Å². The van der Waals surface area contributed by atoms with E-state index in [-0.39, 0.29) is 0 Å². The number of methoxy groups -OCH3 is 1. The molecular formula is C16H24N2O2. The summed E-state index contributed by atoms with van der Waals surface area (Å²) in [6, 6.07) is 8.39. The second kappa shape index (κ2) is 8.04. The normalized spacial score (nSPS) is 11.3. The van der Waals surface area contributed by atoms with Crippen LogP contribution in [0.4, 0.5) is 0 Å². The predicted molar refractivity (Wildman–Crippen MR) is 82.0 cm³/mol. The molecule has 1 aromatic carbocycles. The van der Waals surface area contributed by atoms with Crippen molar-refractivity contribution in [3.63, 3.8) is 0 Å². The summed E-state index contributed by atoms with van der Waals surface area (Å²) in [7, 11) is 1.72. The molecule has 0 aliphatic carbocycles. The molecule has 0 amide bonds. The molecule has 0 fully saturated rings. The highest BCUT2D eigenvalue weighted by Crippen LogP contribution is 2.20. The van der Waals surface area contributed by atoms with E-state index in [0.29, 0.717) is 0 Å². The van der Waals surface area contributed by atoms with E-state index in [9.17, 15) is 0 Å². The molecule has 4 nitrogen and oxygen atoms in total. The first-order valence-electron chi connectivity index (χ1n) is 7.19. The minimum absolute atomic E-state index is 0.770. The van der Waals surface area contributed by atoms with Crippen LogP contribution in [0.1, 0.15) is 17.7 Å². The minimum Gasteiger partial charge on any atom is -0.460 e. The van der Waals surface area contributed by atoms with Gasteiger partial charge in [0.15, 0.2) is 0 Å². The van der Waals surface area contributed by atoms with Crippen molar-refractivity contribution in [3.8, 4) is 0 Å². The van der Waals surface area contributed by atoms with E-state index in [2.05, 4.69) is 35.8 Å². The highest BCUT2D eigenvalue weighted by Gasteiger charge is 2.03. The first-order valence-corrected chi connectivity index (χ1v) is 7.19. The van der Waals surface area contributed by atoms with E-state index in [4.69, 9.17) is 9.15 Å². The summed E-state index contributed by atoms with van der Waals surface area (Å²) in [5.41, 5.74) is 2.23. The summed E-state index contributed by atoms with van der Waals surface area (Å²) >= 11 is 0. The van der Waals surface area contributed by atoms with Crippen molar-refractivity contribution in [2.24, 2.45) is 0 Å². The van der Waals surface area contributed by atoms with Crippen LogP contribution in [-0.4, -0.2) is 33.4 Å². The van der Waals surface area contributed by atoms with Gasteiger partial charge in [-0.15, -0.1) is 0 Å². The van der Waals surface area contributed by atoms with Gasteiger partial charge in [-0.05, 0) is 44.6 Å². The second-order valence-electron chi connectivity index (χ2n) is 5.03. The summed E-state index contributed by atoms with van der Waals surface area (Å²) in [5, 5.41) is 7.91. The van der Waals surface area contributed by atoms with E-state index < -0.39 is 0 Å². The lowest BCUT2D eigenvalue weighted by Gasteiger charge is -2.04. The number of aryl methyl sites for hydroxylation is 1. The van der Waals surface area contributed by atoms with Crippen molar-refractivity contribution in [2.45, 2.75) is 19.9 Å². The highest BCUT2D eigenvalue weighted by molar-refractivity contribution is 5.78. The largest absolute Gasteiger partial charge is 0.460 e. The number of hydrogen-bond donors (Lipinski definition) is 2. The maximum atomic E-state index is 5.79. The number of hydrogen-bond acceptors (Lipinski definition) is 4. The van der Waals surface area contributed by atoms with Crippen molar-refractivity contribution in [1.82, 2.24) is 10.6 Å². The molecule has 110 valence electrons. The first-order chi connectivity index (χ1) is 9.79. The Labute approximate surface area is 120 Å². The Morgan fingerprint density at radius 2 is 1.95 bits per heavy atom. The molecule has 2 aromatic rings. The van der Waals surface area contributed by atoms with Crippen molar-refractivity contribution < 1.29 is 9.15 Å². The summed E-state index contributed by atoms with van der Waals surface area (Å²) in [6.07, 6.45) is 1.10. The molecule has 1 aromatic heterocycles. The van der Waals surface area contributed by atoms with Crippen LogP contribution in [0.25, 0.3) is 11.0 Å². The molecule has 0 aliphatic heterocycles. The fraction of sp³-hybridized carbons (Fsp3) is 0.500. The van der Waals surface area contributed by atoms with E-state index >= 15 is 0 Å². The minimum atomic E-state index is 0.770. The molecule has 0 radical (unpaired) electrons. The number of nitrogens with one attached hydrogen (secondary N) is 2. The average Bonchev–Trinajstić information content (AvgIpc) is 2.83. The standard InChI is InChI=1S/C16H24N2O2/c1-13-4-5-16-14(10-13)11-15(20-16)12-18-7-3-6-17-8-9-19-2/h4-5,10-11,17-18H,3,6-9,12H2,1-2H3. The van der Waals surface area contributed by atoms with Gasteiger partial charge in [-0.2, -0.15) is 0 Å². The van der Waals surface area contributed by atoms with Crippen LogP contribution in [0.3, 0.4) is 0 Å². The summed E-state index contributed by atoms with van der Waals surface area (Å²) in [5.74, 6) is 0.998. The molecule has 0 atom stereocenters. The van der Waals surface area contributed by atoms with E-state index in [1.54, 1.807) is 7.11 Å². The van der Waals surface area contributed by atoms with Gasteiger partial charge < -0.3 is 19.8 Å². The fourth-order valence-corrected chi connectivity index (χ4v) is 2.15. The summed E-state index contributed by atoms with van der Waals surface area (Å²) in [6.45, 7) is 6.56. The molecule has 1 heterocycles. The van der Waals surface area contributed by atoms with Gasteiger partial charge in [0.2, 0.25) is 0 Å². The van der Waals surface area contributed by atoms with Crippen LogP contribution in [0.15, 0.2) is 28.7 Å². The summed E-state index contributed by atoms with van der Waals surface area (Å²) < 4.78 is 10.8. The quantitative estimate of drug-likeness (QED) is 0.691. The monoisotopic (exact) mass is 276 g/mol. The maximum Gasteiger partial charge on any atom is 0.134 e. The molecule has 2 rings (SSSR count). The molecule has 0 saturated carbocycles. The Morgan fingerprint density at radius 3 is 2.80 bits per heavy atom.